The second-order valence-electron chi connectivity index (χ2n) is 3.37. The molecule has 0 amide bonds. The number of hydrogen-bond acceptors (Lipinski definition) is 4. The van der Waals surface area contributed by atoms with Crippen molar-refractivity contribution in [2.75, 3.05) is 6.54 Å². The number of nitrogens with one attached hydrogen (secondary N) is 2. The van der Waals surface area contributed by atoms with Crippen LogP contribution in [0.3, 0.4) is 0 Å². The van der Waals surface area contributed by atoms with E-state index >= 15 is 0 Å². The van der Waals surface area contributed by atoms with Crippen molar-refractivity contribution in [3.05, 3.63) is 16.4 Å². The third kappa shape index (κ3) is 2.18. The SMILES string of the molecule is O=c1nc(CC2CCCCN2)o[nH]1. The molecule has 1 aromatic rings. The summed E-state index contributed by atoms with van der Waals surface area (Å²) in [7, 11) is 0. The van der Waals surface area contributed by atoms with Gasteiger partial charge >= 0.3 is 5.69 Å². The normalized spacial score (nSPS) is 23.2. The first-order valence-corrected chi connectivity index (χ1v) is 4.62. The first-order valence-electron chi connectivity index (χ1n) is 4.62. The van der Waals surface area contributed by atoms with E-state index in [0.717, 1.165) is 13.0 Å². The van der Waals surface area contributed by atoms with Crippen LogP contribution in [0, 0.1) is 0 Å². The maximum atomic E-state index is 10.7. The molecule has 1 aliphatic rings. The minimum Gasteiger partial charge on any atom is -0.362 e. The van der Waals surface area contributed by atoms with E-state index in [9.17, 15) is 4.79 Å². The molecule has 1 atom stereocenters. The molecule has 0 saturated carbocycles. The van der Waals surface area contributed by atoms with Crippen LogP contribution in [-0.2, 0) is 6.42 Å². The topological polar surface area (TPSA) is 70.9 Å². The van der Waals surface area contributed by atoms with Crippen molar-refractivity contribution < 1.29 is 4.52 Å². The number of aromatic amines is 1. The molecular weight excluding hydrogens is 170 g/mol. The van der Waals surface area contributed by atoms with Crippen molar-refractivity contribution in [3.63, 3.8) is 0 Å². The Morgan fingerprint density at radius 2 is 2.46 bits per heavy atom. The predicted molar refractivity (Wildman–Crippen MR) is 46.5 cm³/mol. The van der Waals surface area contributed by atoms with Gasteiger partial charge in [-0.25, -0.2) is 4.79 Å². The standard InChI is InChI=1S/C8H13N3O2/c12-8-10-7(13-11-8)5-6-3-1-2-4-9-6/h6,9H,1-5H2,(H,11,12). The Balaban J connectivity index is 1.93. The Morgan fingerprint density at radius 3 is 3.08 bits per heavy atom. The molecule has 0 aliphatic carbocycles. The lowest BCUT2D eigenvalue weighted by Crippen LogP contribution is -2.35. The molecule has 1 unspecified atom stereocenters. The average molecular weight is 183 g/mol. The van der Waals surface area contributed by atoms with Crippen molar-refractivity contribution in [1.29, 1.82) is 0 Å². The van der Waals surface area contributed by atoms with Crippen LogP contribution in [-0.4, -0.2) is 22.7 Å². The summed E-state index contributed by atoms with van der Waals surface area (Å²) >= 11 is 0. The molecule has 1 aliphatic heterocycles. The number of nitrogens with zero attached hydrogens (tertiary/aromatic N) is 1. The van der Waals surface area contributed by atoms with E-state index in [4.69, 9.17) is 4.52 Å². The molecule has 2 rings (SSSR count). The van der Waals surface area contributed by atoms with Gasteiger partial charge in [-0.05, 0) is 19.4 Å². The maximum Gasteiger partial charge on any atom is 0.377 e. The van der Waals surface area contributed by atoms with Crippen LogP contribution in [0.2, 0.25) is 0 Å². The van der Waals surface area contributed by atoms with Crippen molar-refractivity contribution in [1.82, 2.24) is 15.5 Å². The number of H-pyrrole nitrogens is 1. The minimum absolute atomic E-state index is 0.397. The second-order valence-corrected chi connectivity index (χ2v) is 3.37. The minimum atomic E-state index is -0.397. The fourth-order valence-electron chi connectivity index (χ4n) is 1.66. The van der Waals surface area contributed by atoms with Crippen LogP contribution < -0.4 is 11.0 Å². The van der Waals surface area contributed by atoms with Crippen molar-refractivity contribution in [2.45, 2.75) is 31.7 Å². The highest BCUT2D eigenvalue weighted by atomic mass is 16.5. The fraction of sp³-hybridized carbons (Fsp3) is 0.750. The summed E-state index contributed by atoms with van der Waals surface area (Å²) in [5.41, 5.74) is -0.397. The summed E-state index contributed by atoms with van der Waals surface area (Å²) in [4.78, 5) is 14.3. The molecule has 5 heteroatoms. The zero-order valence-corrected chi connectivity index (χ0v) is 7.38. The van der Waals surface area contributed by atoms with E-state index in [1.54, 1.807) is 0 Å². The largest absolute Gasteiger partial charge is 0.377 e. The van der Waals surface area contributed by atoms with E-state index < -0.39 is 5.69 Å². The highest BCUT2D eigenvalue weighted by Crippen LogP contribution is 2.10. The Bertz CT molecular complexity index is 311. The smallest absolute Gasteiger partial charge is 0.362 e. The molecule has 5 nitrogen and oxygen atoms in total. The molecule has 1 fully saturated rings. The summed E-state index contributed by atoms with van der Waals surface area (Å²) in [6, 6.07) is 0.417. The lowest BCUT2D eigenvalue weighted by Gasteiger charge is -2.21. The lowest BCUT2D eigenvalue weighted by molar-refractivity contribution is 0.330. The van der Waals surface area contributed by atoms with Gasteiger partial charge in [-0.2, -0.15) is 10.1 Å². The Kier molecular flexibility index (Phi) is 2.44. The van der Waals surface area contributed by atoms with Gasteiger partial charge in [0.1, 0.15) is 0 Å². The third-order valence-electron chi connectivity index (χ3n) is 2.32. The quantitative estimate of drug-likeness (QED) is 0.679. The predicted octanol–water partition coefficient (Wildman–Crippen LogP) is 0.0475. The average Bonchev–Trinajstić information content (AvgIpc) is 2.53. The maximum absolute atomic E-state index is 10.7. The number of piperidine rings is 1. The van der Waals surface area contributed by atoms with Crippen LogP contribution in [0.25, 0.3) is 0 Å². The van der Waals surface area contributed by atoms with Crippen LogP contribution in [0.1, 0.15) is 25.2 Å². The number of aromatic nitrogens is 2. The number of rotatable bonds is 2. The highest BCUT2D eigenvalue weighted by molar-refractivity contribution is 4.84. The van der Waals surface area contributed by atoms with Crippen LogP contribution in [0.5, 0.6) is 0 Å². The molecule has 0 spiro atoms. The van der Waals surface area contributed by atoms with Crippen LogP contribution in [0.4, 0.5) is 0 Å². The molecular formula is C8H13N3O2. The zero-order valence-electron chi connectivity index (χ0n) is 7.38. The van der Waals surface area contributed by atoms with E-state index in [2.05, 4.69) is 15.5 Å². The van der Waals surface area contributed by atoms with Gasteiger partial charge in [-0.15, -0.1) is 0 Å². The number of hydrogen-bond donors (Lipinski definition) is 2. The summed E-state index contributed by atoms with van der Waals surface area (Å²) in [6.45, 7) is 1.05. The molecule has 0 radical (unpaired) electrons. The monoisotopic (exact) mass is 183 g/mol. The molecule has 0 aromatic carbocycles. The second kappa shape index (κ2) is 3.74. The van der Waals surface area contributed by atoms with Crippen molar-refractivity contribution in [3.8, 4) is 0 Å². The van der Waals surface area contributed by atoms with Crippen molar-refractivity contribution in [2.24, 2.45) is 0 Å². The molecule has 13 heavy (non-hydrogen) atoms. The Morgan fingerprint density at radius 1 is 1.54 bits per heavy atom. The van der Waals surface area contributed by atoms with Crippen LogP contribution in [0.15, 0.2) is 9.32 Å². The highest BCUT2D eigenvalue weighted by Gasteiger charge is 2.15. The fourth-order valence-corrected chi connectivity index (χ4v) is 1.66. The molecule has 1 saturated heterocycles. The molecule has 2 heterocycles. The van der Waals surface area contributed by atoms with E-state index in [0.29, 0.717) is 18.4 Å². The van der Waals surface area contributed by atoms with Gasteiger partial charge in [0, 0.05) is 12.5 Å². The van der Waals surface area contributed by atoms with Gasteiger partial charge in [0.15, 0.2) is 0 Å². The summed E-state index contributed by atoms with van der Waals surface area (Å²) in [6.07, 6.45) is 4.32. The first kappa shape index (κ1) is 8.50. The molecule has 72 valence electrons. The van der Waals surface area contributed by atoms with Gasteiger partial charge in [-0.1, -0.05) is 6.42 Å². The molecule has 1 aromatic heterocycles. The zero-order chi connectivity index (χ0) is 9.10. The van der Waals surface area contributed by atoms with Crippen molar-refractivity contribution >= 4 is 0 Å². The summed E-state index contributed by atoms with van der Waals surface area (Å²) < 4.78 is 4.88. The van der Waals surface area contributed by atoms with Gasteiger partial charge < -0.3 is 9.84 Å². The van der Waals surface area contributed by atoms with Crippen LogP contribution >= 0.6 is 0 Å². The molecule has 0 bridgehead atoms. The van der Waals surface area contributed by atoms with Gasteiger partial charge in [-0.3, -0.25) is 0 Å². The van der Waals surface area contributed by atoms with E-state index in [-0.39, 0.29) is 0 Å². The summed E-state index contributed by atoms with van der Waals surface area (Å²) in [5.74, 6) is 0.504. The van der Waals surface area contributed by atoms with E-state index in [1.165, 1.54) is 12.8 Å². The molecule has 2 N–H and O–H groups in total. The lowest BCUT2D eigenvalue weighted by atomic mass is 10.0. The van der Waals surface area contributed by atoms with Gasteiger partial charge in [0.05, 0.1) is 0 Å². The van der Waals surface area contributed by atoms with Gasteiger partial charge in [0.2, 0.25) is 5.89 Å². The Labute approximate surface area is 75.5 Å². The summed E-state index contributed by atoms with van der Waals surface area (Å²) in [5, 5.41) is 5.55. The Hall–Kier alpha value is -1.10. The third-order valence-corrected chi connectivity index (χ3v) is 2.32. The van der Waals surface area contributed by atoms with E-state index in [1.807, 2.05) is 0 Å². The first-order chi connectivity index (χ1) is 6.34. The van der Waals surface area contributed by atoms with Gasteiger partial charge in [0.25, 0.3) is 0 Å².